The second kappa shape index (κ2) is 10.1. The summed E-state index contributed by atoms with van der Waals surface area (Å²) >= 11 is 0. The molecular formula is C28H32N2O5. The van der Waals surface area contributed by atoms with Crippen LogP contribution in [-0.2, 0) is 17.9 Å². The van der Waals surface area contributed by atoms with E-state index in [4.69, 9.17) is 14.2 Å². The van der Waals surface area contributed by atoms with E-state index < -0.39 is 0 Å². The van der Waals surface area contributed by atoms with Gasteiger partial charge < -0.3 is 23.6 Å². The Morgan fingerprint density at radius 1 is 1.00 bits per heavy atom. The summed E-state index contributed by atoms with van der Waals surface area (Å²) in [7, 11) is 1.63. The van der Waals surface area contributed by atoms with Gasteiger partial charge in [0.05, 0.1) is 12.6 Å². The predicted molar refractivity (Wildman–Crippen MR) is 134 cm³/mol. The average molecular weight is 477 g/mol. The molecule has 0 bridgehead atoms. The number of aldehydes is 1. The van der Waals surface area contributed by atoms with Gasteiger partial charge in [0, 0.05) is 30.6 Å². The quantitative estimate of drug-likeness (QED) is 0.457. The smallest absolute Gasteiger partial charge is 0.251 e. The highest BCUT2D eigenvalue weighted by Crippen LogP contribution is 2.36. The fraction of sp³-hybridized carbons (Fsp3) is 0.429. The molecule has 0 atom stereocenters. The average Bonchev–Trinajstić information content (AvgIpc) is 2.90. The second-order valence-corrected chi connectivity index (χ2v) is 9.59. The molecule has 0 spiro atoms. The summed E-state index contributed by atoms with van der Waals surface area (Å²) in [6.07, 6.45) is 4.38. The molecule has 3 heterocycles. The van der Waals surface area contributed by atoms with Crippen LogP contribution in [0.2, 0.25) is 0 Å². The normalized spacial score (nSPS) is 17.3. The first-order valence-corrected chi connectivity index (χ1v) is 12.3. The summed E-state index contributed by atoms with van der Waals surface area (Å²) < 4.78 is 18.5. The number of carbonyl (C=O) groups excluding carboxylic acids is 1. The molecule has 7 nitrogen and oxygen atoms in total. The summed E-state index contributed by atoms with van der Waals surface area (Å²) in [5.74, 6) is 2.35. The van der Waals surface area contributed by atoms with Crippen molar-refractivity contribution >= 4 is 17.2 Å². The number of aromatic nitrogens is 1. The Morgan fingerprint density at radius 3 is 2.54 bits per heavy atom. The zero-order valence-corrected chi connectivity index (χ0v) is 20.2. The van der Waals surface area contributed by atoms with Crippen LogP contribution in [0, 0.1) is 5.41 Å². The number of hydrogen-bond acceptors (Lipinski definition) is 6. The highest BCUT2D eigenvalue weighted by atomic mass is 16.6. The third kappa shape index (κ3) is 5.05. The minimum atomic E-state index is -0.324. The van der Waals surface area contributed by atoms with Crippen molar-refractivity contribution < 1.29 is 19.0 Å². The van der Waals surface area contributed by atoms with E-state index in [-0.39, 0.29) is 11.0 Å². The standard InChI is InChI=1S/C28H32N2O5/c1-33-23-6-4-22-5-8-27(32)30(24(22)18-23)12-2-9-28(20-31)10-13-29(14-11-28)19-21-3-7-25-26(17-21)35-16-15-34-25/h3-8,17-18,20H,2,9-16,19H2,1H3. The third-order valence-corrected chi connectivity index (χ3v) is 7.37. The fourth-order valence-corrected chi connectivity index (χ4v) is 5.24. The number of benzene rings is 2. The molecule has 2 aromatic carbocycles. The van der Waals surface area contributed by atoms with E-state index in [1.165, 1.54) is 5.56 Å². The van der Waals surface area contributed by atoms with E-state index in [9.17, 15) is 9.59 Å². The summed E-state index contributed by atoms with van der Waals surface area (Å²) in [5.41, 5.74) is 1.71. The first-order chi connectivity index (χ1) is 17.1. The van der Waals surface area contributed by atoms with Crippen molar-refractivity contribution in [2.45, 2.75) is 38.8 Å². The number of rotatable bonds is 8. The molecule has 184 valence electrons. The number of nitrogens with zero attached hydrogens (tertiary/aromatic N) is 2. The van der Waals surface area contributed by atoms with E-state index in [0.717, 1.165) is 79.8 Å². The van der Waals surface area contributed by atoms with Crippen LogP contribution in [0.3, 0.4) is 0 Å². The number of likely N-dealkylation sites (tertiary alicyclic amines) is 1. The molecule has 1 fully saturated rings. The van der Waals surface area contributed by atoms with E-state index >= 15 is 0 Å². The maximum atomic E-state index is 12.6. The molecule has 0 radical (unpaired) electrons. The number of aryl methyl sites for hydroxylation is 1. The molecule has 3 aromatic rings. The Labute approximate surface area is 205 Å². The minimum Gasteiger partial charge on any atom is -0.497 e. The molecule has 5 rings (SSSR count). The SMILES string of the molecule is COc1ccc2ccc(=O)n(CCCC3(C=O)CCN(Cc4ccc5c(c4)OCCO5)CC3)c2c1. The number of carbonyl (C=O) groups is 1. The number of fused-ring (bicyclic) bond motifs is 2. The molecule has 2 aliphatic rings. The first kappa shape index (κ1) is 23.4. The van der Waals surface area contributed by atoms with Gasteiger partial charge in [-0.2, -0.15) is 0 Å². The lowest BCUT2D eigenvalue weighted by atomic mass is 9.76. The van der Waals surface area contributed by atoms with Crippen molar-refractivity contribution in [3.05, 3.63) is 64.4 Å². The van der Waals surface area contributed by atoms with E-state index in [1.54, 1.807) is 17.7 Å². The minimum absolute atomic E-state index is 0.0276. The van der Waals surface area contributed by atoms with Crippen molar-refractivity contribution in [3.63, 3.8) is 0 Å². The lowest BCUT2D eigenvalue weighted by Gasteiger charge is -2.38. The van der Waals surface area contributed by atoms with Crippen molar-refractivity contribution in [2.24, 2.45) is 5.41 Å². The van der Waals surface area contributed by atoms with Crippen LogP contribution in [0.1, 0.15) is 31.2 Å². The number of pyridine rings is 1. The molecule has 1 aromatic heterocycles. The zero-order valence-electron chi connectivity index (χ0n) is 20.2. The number of methoxy groups -OCH3 is 1. The molecule has 0 unspecified atom stereocenters. The van der Waals surface area contributed by atoms with E-state index in [2.05, 4.69) is 17.0 Å². The highest BCUT2D eigenvalue weighted by molar-refractivity contribution is 5.80. The lowest BCUT2D eigenvalue weighted by Crippen LogP contribution is -2.40. The lowest BCUT2D eigenvalue weighted by molar-refractivity contribution is -0.119. The van der Waals surface area contributed by atoms with Crippen LogP contribution in [0.25, 0.3) is 10.9 Å². The maximum absolute atomic E-state index is 12.6. The molecular weight excluding hydrogens is 444 g/mol. The van der Waals surface area contributed by atoms with Crippen molar-refractivity contribution in [2.75, 3.05) is 33.4 Å². The van der Waals surface area contributed by atoms with Crippen LogP contribution in [-0.4, -0.2) is 49.2 Å². The van der Waals surface area contributed by atoms with Crippen molar-refractivity contribution in [3.8, 4) is 17.2 Å². The molecule has 35 heavy (non-hydrogen) atoms. The van der Waals surface area contributed by atoms with E-state index in [1.807, 2.05) is 30.3 Å². The summed E-state index contributed by atoms with van der Waals surface area (Å²) in [4.78, 5) is 27.2. The monoisotopic (exact) mass is 476 g/mol. The fourth-order valence-electron chi connectivity index (χ4n) is 5.24. The molecule has 0 aliphatic carbocycles. The van der Waals surface area contributed by atoms with Gasteiger partial charge in [-0.05, 0) is 80.1 Å². The Kier molecular flexibility index (Phi) is 6.77. The Bertz CT molecular complexity index is 1260. The Morgan fingerprint density at radius 2 is 1.77 bits per heavy atom. The van der Waals surface area contributed by atoms with Gasteiger partial charge in [0.25, 0.3) is 5.56 Å². The van der Waals surface area contributed by atoms with Gasteiger partial charge in [-0.1, -0.05) is 6.07 Å². The predicted octanol–water partition coefficient (Wildman–Crippen LogP) is 4.04. The van der Waals surface area contributed by atoms with Crippen LogP contribution >= 0.6 is 0 Å². The molecule has 0 amide bonds. The molecule has 0 N–H and O–H groups in total. The number of ether oxygens (including phenoxy) is 3. The highest BCUT2D eigenvalue weighted by Gasteiger charge is 2.34. The second-order valence-electron chi connectivity index (χ2n) is 9.59. The van der Waals surface area contributed by atoms with Gasteiger partial charge in [0.15, 0.2) is 11.5 Å². The van der Waals surface area contributed by atoms with Gasteiger partial charge in [-0.25, -0.2) is 0 Å². The van der Waals surface area contributed by atoms with Gasteiger partial charge in [0.2, 0.25) is 0 Å². The van der Waals surface area contributed by atoms with E-state index in [0.29, 0.717) is 19.8 Å². The number of hydrogen-bond donors (Lipinski definition) is 0. The van der Waals surface area contributed by atoms with Crippen LogP contribution < -0.4 is 19.8 Å². The van der Waals surface area contributed by atoms with Gasteiger partial charge in [0.1, 0.15) is 25.2 Å². The van der Waals surface area contributed by atoms with Crippen LogP contribution in [0.15, 0.2) is 53.3 Å². The zero-order chi connectivity index (χ0) is 24.3. The molecule has 7 heteroatoms. The van der Waals surface area contributed by atoms with Crippen molar-refractivity contribution in [1.82, 2.24) is 9.47 Å². The Hall–Kier alpha value is -3.32. The van der Waals surface area contributed by atoms with Crippen molar-refractivity contribution in [1.29, 1.82) is 0 Å². The van der Waals surface area contributed by atoms with Crippen LogP contribution in [0.4, 0.5) is 0 Å². The summed E-state index contributed by atoms with van der Waals surface area (Å²) in [5, 5.41) is 1.00. The summed E-state index contributed by atoms with van der Waals surface area (Å²) in [6, 6.07) is 15.4. The molecule has 1 saturated heterocycles. The number of piperidine rings is 1. The van der Waals surface area contributed by atoms with Crippen LogP contribution in [0.5, 0.6) is 17.2 Å². The molecule has 2 aliphatic heterocycles. The largest absolute Gasteiger partial charge is 0.497 e. The van der Waals surface area contributed by atoms with Gasteiger partial charge in [-0.3, -0.25) is 9.69 Å². The first-order valence-electron chi connectivity index (χ1n) is 12.3. The van der Waals surface area contributed by atoms with Gasteiger partial charge in [-0.15, -0.1) is 0 Å². The third-order valence-electron chi connectivity index (χ3n) is 7.37. The Balaban J connectivity index is 1.20. The van der Waals surface area contributed by atoms with Gasteiger partial charge >= 0.3 is 0 Å². The molecule has 0 saturated carbocycles. The summed E-state index contributed by atoms with van der Waals surface area (Å²) in [6.45, 7) is 4.34. The maximum Gasteiger partial charge on any atom is 0.251 e. The topological polar surface area (TPSA) is 70.0 Å².